The SMILES string of the molecule is CSc1nc(N2CCOCC2)c2cnn(CCNC(=O)C(c3ccccc3)c3ccccc3)c2n1. The lowest BCUT2D eigenvalue weighted by atomic mass is 9.90. The first-order valence-corrected chi connectivity index (χ1v) is 12.9. The number of aromatic nitrogens is 4. The van der Waals surface area contributed by atoms with E-state index in [1.807, 2.05) is 77.8 Å². The Morgan fingerprint density at radius 3 is 2.31 bits per heavy atom. The normalized spacial score (nSPS) is 13.9. The van der Waals surface area contributed by atoms with Crippen LogP contribution in [0.15, 0.2) is 72.0 Å². The van der Waals surface area contributed by atoms with Gasteiger partial charge in [-0.1, -0.05) is 72.4 Å². The molecule has 9 heteroatoms. The van der Waals surface area contributed by atoms with Crippen LogP contribution in [0.25, 0.3) is 11.0 Å². The molecule has 0 bridgehead atoms. The third-order valence-electron chi connectivity index (χ3n) is 6.10. The highest BCUT2D eigenvalue weighted by atomic mass is 32.2. The minimum absolute atomic E-state index is 0.0349. The molecule has 1 aliphatic rings. The van der Waals surface area contributed by atoms with Gasteiger partial charge in [-0.15, -0.1) is 0 Å². The van der Waals surface area contributed by atoms with Crippen molar-refractivity contribution in [1.29, 1.82) is 0 Å². The molecule has 1 N–H and O–H groups in total. The van der Waals surface area contributed by atoms with E-state index in [1.165, 1.54) is 11.8 Å². The van der Waals surface area contributed by atoms with E-state index < -0.39 is 0 Å². The first kappa shape index (κ1) is 23.3. The number of hydrogen-bond acceptors (Lipinski definition) is 7. The molecule has 35 heavy (non-hydrogen) atoms. The van der Waals surface area contributed by atoms with Crippen LogP contribution in [0.4, 0.5) is 5.82 Å². The molecule has 3 heterocycles. The summed E-state index contributed by atoms with van der Waals surface area (Å²) in [6.45, 7) is 3.91. The number of benzene rings is 2. The maximum Gasteiger partial charge on any atom is 0.232 e. The first-order valence-electron chi connectivity index (χ1n) is 11.7. The fourth-order valence-electron chi connectivity index (χ4n) is 4.37. The number of hydrogen-bond donors (Lipinski definition) is 1. The number of nitrogens with zero attached hydrogens (tertiary/aromatic N) is 5. The van der Waals surface area contributed by atoms with Crippen LogP contribution >= 0.6 is 11.8 Å². The van der Waals surface area contributed by atoms with E-state index in [9.17, 15) is 4.79 Å². The molecular weight excluding hydrogens is 460 g/mol. The van der Waals surface area contributed by atoms with E-state index in [1.54, 1.807) is 0 Å². The molecule has 1 amide bonds. The predicted molar refractivity (Wildman–Crippen MR) is 138 cm³/mol. The zero-order valence-electron chi connectivity index (χ0n) is 19.6. The van der Waals surface area contributed by atoms with Gasteiger partial charge in [-0.05, 0) is 17.4 Å². The molecule has 0 spiro atoms. The number of amides is 1. The molecular formula is C26H28N6O2S. The highest BCUT2D eigenvalue weighted by Crippen LogP contribution is 2.27. The van der Waals surface area contributed by atoms with Crippen LogP contribution < -0.4 is 10.2 Å². The molecule has 2 aromatic heterocycles. The fourth-order valence-corrected chi connectivity index (χ4v) is 4.72. The van der Waals surface area contributed by atoms with E-state index in [0.29, 0.717) is 31.5 Å². The van der Waals surface area contributed by atoms with Crippen LogP contribution in [-0.4, -0.2) is 64.8 Å². The standard InChI is InChI=1S/C26H28N6O2S/c1-35-26-29-23(31-14-16-34-17-15-31)21-18-28-32(24(21)30-26)13-12-27-25(33)22(19-8-4-2-5-9-19)20-10-6-3-7-11-20/h2-11,18,22H,12-17H2,1H3,(H,27,33). The summed E-state index contributed by atoms with van der Waals surface area (Å²) in [6, 6.07) is 19.7. The van der Waals surface area contributed by atoms with Crippen molar-refractivity contribution in [3.05, 3.63) is 78.0 Å². The van der Waals surface area contributed by atoms with E-state index in [-0.39, 0.29) is 11.8 Å². The number of rotatable bonds is 8. The number of fused-ring (bicyclic) bond motifs is 1. The van der Waals surface area contributed by atoms with Gasteiger partial charge in [-0.3, -0.25) is 4.79 Å². The predicted octanol–water partition coefficient (Wildman–Crippen LogP) is 3.33. The zero-order chi connectivity index (χ0) is 24.0. The lowest BCUT2D eigenvalue weighted by Crippen LogP contribution is -2.37. The van der Waals surface area contributed by atoms with Crippen molar-refractivity contribution < 1.29 is 9.53 Å². The van der Waals surface area contributed by atoms with Crippen LogP contribution in [0.2, 0.25) is 0 Å². The summed E-state index contributed by atoms with van der Waals surface area (Å²) in [4.78, 5) is 25.0. The van der Waals surface area contributed by atoms with Gasteiger partial charge >= 0.3 is 0 Å². The number of ether oxygens (including phenoxy) is 1. The van der Waals surface area contributed by atoms with Gasteiger partial charge in [0.05, 0.1) is 37.3 Å². The maximum absolute atomic E-state index is 13.3. The molecule has 1 aliphatic heterocycles. The second-order valence-electron chi connectivity index (χ2n) is 8.28. The Morgan fingerprint density at radius 1 is 1.03 bits per heavy atom. The van der Waals surface area contributed by atoms with Gasteiger partial charge in [-0.2, -0.15) is 5.10 Å². The van der Waals surface area contributed by atoms with Gasteiger partial charge in [0.1, 0.15) is 5.82 Å². The van der Waals surface area contributed by atoms with Crippen LogP contribution in [0.1, 0.15) is 17.0 Å². The van der Waals surface area contributed by atoms with Crippen LogP contribution in [0, 0.1) is 0 Å². The molecule has 0 radical (unpaired) electrons. The summed E-state index contributed by atoms with van der Waals surface area (Å²) >= 11 is 1.51. The van der Waals surface area contributed by atoms with Crippen molar-refractivity contribution in [1.82, 2.24) is 25.1 Å². The second-order valence-corrected chi connectivity index (χ2v) is 9.06. The Bertz CT molecular complexity index is 1240. The summed E-state index contributed by atoms with van der Waals surface area (Å²) in [5.41, 5.74) is 2.71. The van der Waals surface area contributed by atoms with E-state index in [2.05, 4.69) is 15.3 Å². The lowest BCUT2D eigenvalue weighted by molar-refractivity contribution is -0.121. The minimum Gasteiger partial charge on any atom is -0.378 e. The van der Waals surface area contributed by atoms with Crippen LogP contribution in [0.3, 0.4) is 0 Å². The largest absolute Gasteiger partial charge is 0.378 e. The maximum atomic E-state index is 13.3. The van der Waals surface area contributed by atoms with Crippen molar-refractivity contribution in [3.8, 4) is 0 Å². The molecule has 5 rings (SSSR count). The smallest absolute Gasteiger partial charge is 0.232 e. The van der Waals surface area contributed by atoms with Crippen molar-refractivity contribution in [3.63, 3.8) is 0 Å². The molecule has 0 saturated carbocycles. The van der Waals surface area contributed by atoms with E-state index >= 15 is 0 Å². The first-order chi connectivity index (χ1) is 17.2. The average molecular weight is 489 g/mol. The molecule has 2 aromatic carbocycles. The third kappa shape index (κ3) is 5.16. The van der Waals surface area contributed by atoms with Gasteiger partial charge in [-0.25, -0.2) is 14.6 Å². The number of nitrogens with one attached hydrogen (secondary N) is 1. The average Bonchev–Trinajstić information content (AvgIpc) is 3.33. The Labute approximate surface area is 208 Å². The Morgan fingerprint density at radius 2 is 1.69 bits per heavy atom. The van der Waals surface area contributed by atoms with E-state index in [0.717, 1.165) is 41.1 Å². The summed E-state index contributed by atoms with van der Waals surface area (Å²) in [5.74, 6) is 0.489. The number of carbonyl (C=O) groups is 1. The summed E-state index contributed by atoms with van der Waals surface area (Å²) in [5, 5.41) is 9.32. The number of morpholine rings is 1. The third-order valence-corrected chi connectivity index (χ3v) is 6.65. The van der Waals surface area contributed by atoms with Crippen LogP contribution in [-0.2, 0) is 16.1 Å². The highest BCUT2D eigenvalue weighted by molar-refractivity contribution is 7.98. The molecule has 0 aliphatic carbocycles. The van der Waals surface area contributed by atoms with E-state index in [4.69, 9.17) is 14.7 Å². The molecule has 8 nitrogen and oxygen atoms in total. The summed E-state index contributed by atoms with van der Waals surface area (Å²) < 4.78 is 7.35. The highest BCUT2D eigenvalue weighted by Gasteiger charge is 2.23. The minimum atomic E-state index is -0.370. The number of carbonyl (C=O) groups excluding carboxylic acids is 1. The van der Waals surface area contributed by atoms with Gasteiger partial charge in [0.15, 0.2) is 10.8 Å². The second kappa shape index (κ2) is 10.9. The molecule has 1 fully saturated rings. The van der Waals surface area contributed by atoms with Gasteiger partial charge in [0.25, 0.3) is 0 Å². The van der Waals surface area contributed by atoms with Crippen molar-refractivity contribution in [2.45, 2.75) is 17.6 Å². The summed E-state index contributed by atoms with van der Waals surface area (Å²) in [7, 11) is 0. The monoisotopic (exact) mass is 488 g/mol. The molecule has 4 aromatic rings. The van der Waals surface area contributed by atoms with Gasteiger partial charge < -0.3 is 15.0 Å². The Kier molecular flexibility index (Phi) is 7.25. The van der Waals surface area contributed by atoms with Gasteiger partial charge in [0, 0.05) is 19.6 Å². The quantitative estimate of drug-likeness (QED) is 0.301. The Hall–Kier alpha value is -3.43. The van der Waals surface area contributed by atoms with Crippen molar-refractivity contribution >= 4 is 34.5 Å². The lowest BCUT2D eigenvalue weighted by Gasteiger charge is -2.28. The van der Waals surface area contributed by atoms with Crippen LogP contribution in [0.5, 0.6) is 0 Å². The summed E-state index contributed by atoms with van der Waals surface area (Å²) in [6.07, 6.45) is 3.79. The topological polar surface area (TPSA) is 85.2 Å². The molecule has 0 atom stereocenters. The fraction of sp³-hybridized carbons (Fsp3) is 0.308. The van der Waals surface area contributed by atoms with Gasteiger partial charge in [0.2, 0.25) is 5.91 Å². The van der Waals surface area contributed by atoms with Crippen molar-refractivity contribution in [2.75, 3.05) is 44.0 Å². The zero-order valence-corrected chi connectivity index (χ0v) is 20.4. The number of thioether (sulfide) groups is 1. The molecule has 1 saturated heterocycles. The van der Waals surface area contributed by atoms with Crippen molar-refractivity contribution in [2.24, 2.45) is 0 Å². The molecule has 0 unspecified atom stereocenters. The molecule has 180 valence electrons. The number of anilines is 1. The Balaban J connectivity index is 1.34.